The summed E-state index contributed by atoms with van der Waals surface area (Å²) in [6.45, 7) is 4.57. The number of hydrogen-bond acceptors (Lipinski definition) is 5. The zero-order valence-electron chi connectivity index (χ0n) is 13.6. The number of urea groups is 1. The summed E-state index contributed by atoms with van der Waals surface area (Å²) < 4.78 is 34.6. The Labute approximate surface area is 147 Å². The number of nitrogens with zero attached hydrogens (tertiary/aromatic N) is 1. The first-order chi connectivity index (χ1) is 11.8. The van der Waals surface area contributed by atoms with E-state index in [1.165, 1.54) is 18.2 Å². The van der Waals surface area contributed by atoms with Crippen molar-refractivity contribution in [3.63, 3.8) is 0 Å². The zero-order chi connectivity index (χ0) is 18.0. The Morgan fingerprint density at radius 1 is 1.32 bits per heavy atom. The molecule has 0 saturated heterocycles. The van der Waals surface area contributed by atoms with Crippen molar-refractivity contribution in [2.75, 3.05) is 11.9 Å². The lowest BCUT2D eigenvalue weighted by atomic mass is 10.2. The Balaban J connectivity index is 1.48. The molecule has 0 aliphatic carbocycles. The van der Waals surface area contributed by atoms with Crippen molar-refractivity contribution < 1.29 is 23.0 Å². The van der Waals surface area contributed by atoms with E-state index in [2.05, 4.69) is 38.9 Å². The number of ether oxygens (including phenoxy) is 2. The zero-order valence-corrected chi connectivity index (χ0v) is 14.5. The van der Waals surface area contributed by atoms with Crippen molar-refractivity contribution in [2.24, 2.45) is 0 Å². The molecular weight excluding hydrogens is 352 g/mol. The van der Waals surface area contributed by atoms with Gasteiger partial charge in [-0.25, -0.2) is 9.78 Å². The summed E-state index contributed by atoms with van der Waals surface area (Å²) in [7, 11) is 0. The van der Waals surface area contributed by atoms with Gasteiger partial charge < -0.3 is 20.1 Å². The number of carbonyl (C=O) groups excluding carboxylic acids is 1. The van der Waals surface area contributed by atoms with Gasteiger partial charge in [-0.15, -0.1) is 20.1 Å². The van der Waals surface area contributed by atoms with Crippen LogP contribution in [0.25, 0.3) is 0 Å². The Kier molecular flexibility index (Phi) is 4.76. The van der Waals surface area contributed by atoms with Crippen LogP contribution in [-0.2, 0) is 6.42 Å². The van der Waals surface area contributed by atoms with Crippen LogP contribution in [0.2, 0.25) is 0 Å². The molecule has 1 aromatic heterocycles. The lowest BCUT2D eigenvalue weighted by Crippen LogP contribution is -2.30. The van der Waals surface area contributed by atoms with Crippen molar-refractivity contribution in [1.82, 2.24) is 10.3 Å². The molecule has 0 radical (unpaired) electrons. The summed E-state index contributed by atoms with van der Waals surface area (Å²) in [6.07, 6.45) is -3.06. The molecule has 0 atom stereocenters. The molecule has 0 unspecified atom stereocenters. The predicted octanol–water partition coefficient (Wildman–Crippen LogP) is 3.95. The average Bonchev–Trinajstić information content (AvgIpc) is 3.09. The third kappa shape index (κ3) is 4.36. The van der Waals surface area contributed by atoms with Crippen molar-refractivity contribution in [1.29, 1.82) is 0 Å². The molecular formula is C16H17F2N3O3S. The first-order valence-electron chi connectivity index (χ1n) is 7.71. The fourth-order valence-corrected chi connectivity index (χ4v) is 3.08. The number of rotatable bonds is 5. The van der Waals surface area contributed by atoms with Crippen LogP contribution in [0.4, 0.5) is 19.3 Å². The lowest BCUT2D eigenvalue weighted by Gasteiger charge is -2.07. The minimum Gasteiger partial charge on any atom is -0.395 e. The third-order valence-electron chi connectivity index (χ3n) is 3.39. The molecule has 1 aromatic carbocycles. The number of alkyl halides is 2. The highest BCUT2D eigenvalue weighted by Gasteiger charge is 2.43. The second kappa shape index (κ2) is 6.83. The molecule has 2 amide bonds. The highest BCUT2D eigenvalue weighted by Crippen LogP contribution is 2.42. The van der Waals surface area contributed by atoms with Gasteiger partial charge in [0.25, 0.3) is 0 Å². The van der Waals surface area contributed by atoms with Crippen LogP contribution < -0.4 is 20.1 Å². The number of carbonyl (C=O) groups is 1. The van der Waals surface area contributed by atoms with Crippen LogP contribution in [0.5, 0.6) is 11.5 Å². The van der Waals surface area contributed by atoms with Crippen LogP contribution in [0.1, 0.15) is 30.5 Å². The number of hydrogen-bond donors (Lipinski definition) is 2. The number of aromatic nitrogens is 1. The Morgan fingerprint density at radius 2 is 2.08 bits per heavy atom. The SMILES string of the molecule is CC(C)c1nc(CCNC(=O)Nc2ccc3c(c2)OC(F)(F)O3)cs1. The summed E-state index contributed by atoms with van der Waals surface area (Å²) in [6, 6.07) is 3.61. The topological polar surface area (TPSA) is 72.5 Å². The monoisotopic (exact) mass is 369 g/mol. The molecule has 1 aliphatic heterocycles. The van der Waals surface area contributed by atoms with Crippen LogP contribution in [0, 0.1) is 0 Å². The normalized spacial score (nSPS) is 14.6. The van der Waals surface area contributed by atoms with Gasteiger partial charge in [0.15, 0.2) is 11.5 Å². The first kappa shape index (κ1) is 17.4. The summed E-state index contributed by atoms with van der Waals surface area (Å²) in [4.78, 5) is 16.4. The van der Waals surface area contributed by atoms with Gasteiger partial charge in [-0.2, -0.15) is 0 Å². The molecule has 2 aromatic rings. The van der Waals surface area contributed by atoms with Gasteiger partial charge in [-0.3, -0.25) is 0 Å². The van der Waals surface area contributed by atoms with Crippen LogP contribution in [-0.4, -0.2) is 23.9 Å². The van der Waals surface area contributed by atoms with Gasteiger partial charge >= 0.3 is 12.3 Å². The van der Waals surface area contributed by atoms with Crippen molar-refractivity contribution in [3.05, 3.63) is 34.3 Å². The molecule has 0 fully saturated rings. The van der Waals surface area contributed by atoms with E-state index in [9.17, 15) is 13.6 Å². The second-order valence-electron chi connectivity index (χ2n) is 5.79. The Hall–Kier alpha value is -2.42. The molecule has 25 heavy (non-hydrogen) atoms. The smallest absolute Gasteiger partial charge is 0.395 e. The van der Waals surface area contributed by atoms with Crippen LogP contribution >= 0.6 is 11.3 Å². The van der Waals surface area contributed by atoms with Gasteiger partial charge in [-0.1, -0.05) is 13.8 Å². The highest BCUT2D eigenvalue weighted by atomic mass is 32.1. The summed E-state index contributed by atoms with van der Waals surface area (Å²) in [5, 5.41) is 8.30. The largest absolute Gasteiger partial charge is 0.586 e. The molecule has 6 nitrogen and oxygen atoms in total. The Bertz CT molecular complexity index is 780. The molecule has 2 heterocycles. The summed E-state index contributed by atoms with van der Waals surface area (Å²) in [5.41, 5.74) is 1.26. The molecule has 134 valence electrons. The molecule has 2 N–H and O–H groups in total. The number of halogens is 2. The molecule has 1 aliphatic rings. The van der Waals surface area contributed by atoms with E-state index in [1.807, 2.05) is 5.38 Å². The van der Waals surface area contributed by atoms with Crippen LogP contribution in [0.3, 0.4) is 0 Å². The van der Waals surface area contributed by atoms with E-state index in [-0.39, 0.29) is 11.5 Å². The number of anilines is 1. The maximum absolute atomic E-state index is 13.0. The number of fused-ring (bicyclic) bond motifs is 1. The maximum atomic E-state index is 13.0. The molecule has 9 heteroatoms. The van der Waals surface area contributed by atoms with Gasteiger partial charge in [0.2, 0.25) is 0 Å². The summed E-state index contributed by atoms with van der Waals surface area (Å²) >= 11 is 1.60. The first-order valence-corrected chi connectivity index (χ1v) is 8.59. The fraction of sp³-hybridized carbons (Fsp3) is 0.375. The van der Waals surface area contributed by atoms with E-state index in [0.29, 0.717) is 24.6 Å². The van der Waals surface area contributed by atoms with Gasteiger partial charge in [-0.05, 0) is 12.1 Å². The van der Waals surface area contributed by atoms with Crippen LogP contribution in [0.15, 0.2) is 23.6 Å². The summed E-state index contributed by atoms with van der Waals surface area (Å²) in [5.74, 6) is 0.195. The number of nitrogens with one attached hydrogen (secondary N) is 2. The molecule has 0 saturated carbocycles. The van der Waals surface area contributed by atoms with Crippen molar-refractivity contribution >= 4 is 23.1 Å². The predicted molar refractivity (Wildman–Crippen MR) is 89.6 cm³/mol. The number of amides is 2. The fourth-order valence-electron chi connectivity index (χ4n) is 2.21. The van der Waals surface area contributed by atoms with Crippen molar-refractivity contribution in [3.8, 4) is 11.5 Å². The lowest BCUT2D eigenvalue weighted by molar-refractivity contribution is -0.286. The standard InChI is InChI=1S/C16H17F2N3O3S/c1-9(2)14-20-11(8-25-14)5-6-19-15(22)21-10-3-4-12-13(7-10)24-16(17,18)23-12/h3-4,7-9H,5-6H2,1-2H3,(H2,19,21,22). The molecule has 0 spiro atoms. The Morgan fingerprint density at radius 3 is 2.80 bits per heavy atom. The third-order valence-corrected chi connectivity index (χ3v) is 4.58. The average molecular weight is 369 g/mol. The number of thiazole rings is 1. The van der Waals surface area contributed by atoms with Crippen molar-refractivity contribution in [2.45, 2.75) is 32.5 Å². The van der Waals surface area contributed by atoms with Gasteiger partial charge in [0.1, 0.15) is 0 Å². The highest BCUT2D eigenvalue weighted by molar-refractivity contribution is 7.09. The molecule has 0 bridgehead atoms. The maximum Gasteiger partial charge on any atom is 0.586 e. The molecule has 3 rings (SSSR count). The van der Waals surface area contributed by atoms with Gasteiger partial charge in [0.05, 0.1) is 10.7 Å². The van der Waals surface area contributed by atoms with E-state index < -0.39 is 12.3 Å². The van der Waals surface area contributed by atoms with E-state index in [1.54, 1.807) is 11.3 Å². The van der Waals surface area contributed by atoms with E-state index in [4.69, 9.17) is 0 Å². The minimum absolute atomic E-state index is 0.0690. The number of benzene rings is 1. The van der Waals surface area contributed by atoms with E-state index >= 15 is 0 Å². The van der Waals surface area contributed by atoms with Gasteiger partial charge in [0, 0.05) is 36.0 Å². The quantitative estimate of drug-likeness (QED) is 0.837. The van der Waals surface area contributed by atoms with E-state index in [0.717, 1.165) is 10.7 Å². The second-order valence-corrected chi connectivity index (χ2v) is 6.68. The minimum atomic E-state index is -3.68.